The van der Waals surface area contributed by atoms with Crippen molar-refractivity contribution in [2.45, 2.75) is 51.6 Å². The van der Waals surface area contributed by atoms with Crippen LogP contribution < -0.4 is 5.32 Å². The van der Waals surface area contributed by atoms with Gasteiger partial charge in [-0.05, 0) is 43.6 Å². The molecule has 2 nitrogen and oxygen atoms in total. The first-order valence-electron chi connectivity index (χ1n) is 6.84. The molecule has 0 aromatic carbocycles. The van der Waals surface area contributed by atoms with Crippen LogP contribution in [0, 0.1) is 5.92 Å². The molecule has 1 aliphatic carbocycles. The molecule has 0 aromatic rings. The van der Waals surface area contributed by atoms with Crippen molar-refractivity contribution in [1.29, 1.82) is 0 Å². The van der Waals surface area contributed by atoms with Gasteiger partial charge in [0.15, 0.2) is 5.17 Å². The molecule has 4 heteroatoms. The minimum Gasteiger partial charge on any atom is -0.362 e. The van der Waals surface area contributed by atoms with Gasteiger partial charge in [0.1, 0.15) is 0 Å². The fraction of sp³-hybridized carbons (Fsp3) is 0.923. The lowest BCUT2D eigenvalue weighted by Gasteiger charge is -2.25. The van der Waals surface area contributed by atoms with Gasteiger partial charge >= 0.3 is 0 Å². The van der Waals surface area contributed by atoms with Gasteiger partial charge in [-0.3, -0.25) is 4.99 Å². The lowest BCUT2D eigenvalue weighted by Crippen LogP contribution is -2.35. The summed E-state index contributed by atoms with van der Waals surface area (Å²) < 4.78 is 0. The average Bonchev–Trinajstić information content (AvgIpc) is 2.76. The highest BCUT2D eigenvalue weighted by atomic mass is 32.2. The zero-order valence-corrected chi connectivity index (χ0v) is 12.6. The van der Waals surface area contributed by atoms with Crippen molar-refractivity contribution in [3.05, 3.63) is 0 Å². The summed E-state index contributed by atoms with van der Waals surface area (Å²) in [5.74, 6) is 4.64. The van der Waals surface area contributed by atoms with E-state index in [0.717, 1.165) is 5.92 Å². The van der Waals surface area contributed by atoms with Crippen LogP contribution in [0.5, 0.6) is 0 Å². The predicted molar refractivity (Wildman–Crippen MR) is 81.2 cm³/mol. The van der Waals surface area contributed by atoms with Gasteiger partial charge in [0.05, 0.1) is 6.04 Å². The summed E-state index contributed by atoms with van der Waals surface area (Å²) >= 11 is 3.97. The smallest absolute Gasteiger partial charge is 0.157 e. The second-order valence-corrected chi connectivity index (χ2v) is 7.44. The maximum atomic E-state index is 4.87. The first-order valence-corrected chi connectivity index (χ1v) is 8.98. The molecule has 1 N–H and O–H groups in total. The van der Waals surface area contributed by atoms with Crippen molar-refractivity contribution in [3.63, 3.8) is 0 Å². The van der Waals surface area contributed by atoms with Gasteiger partial charge < -0.3 is 5.32 Å². The summed E-state index contributed by atoms with van der Waals surface area (Å²) in [5.41, 5.74) is 0. The highest BCUT2D eigenvalue weighted by Gasteiger charge is 2.31. The molecule has 0 spiro atoms. The number of thioether (sulfide) groups is 2. The molecule has 0 radical (unpaired) electrons. The molecular weight excluding hydrogens is 248 g/mol. The molecule has 1 heterocycles. The van der Waals surface area contributed by atoms with Crippen LogP contribution >= 0.6 is 23.5 Å². The lowest BCUT2D eigenvalue weighted by atomic mass is 10.1. The molecule has 0 bridgehead atoms. The summed E-state index contributed by atoms with van der Waals surface area (Å²) in [6, 6.07) is 1.20. The van der Waals surface area contributed by atoms with Crippen LogP contribution in [0.3, 0.4) is 0 Å². The van der Waals surface area contributed by atoms with E-state index in [1.807, 2.05) is 23.5 Å². The molecule has 1 aliphatic heterocycles. The Morgan fingerprint density at radius 2 is 2.41 bits per heavy atom. The third kappa shape index (κ3) is 4.09. The van der Waals surface area contributed by atoms with Crippen LogP contribution in [-0.2, 0) is 0 Å². The topological polar surface area (TPSA) is 24.4 Å². The molecule has 98 valence electrons. The Morgan fingerprint density at radius 3 is 3.24 bits per heavy atom. The largest absolute Gasteiger partial charge is 0.362 e. The van der Waals surface area contributed by atoms with Crippen molar-refractivity contribution >= 4 is 28.7 Å². The van der Waals surface area contributed by atoms with Gasteiger partial charge in [0.25, 0.3) is 0 Å². The summed E-state index contributed by atoms with van der Waals surface area (Å²) in [6.07, 6.45) is 5.34. The van der Waals surface area contributed by atoms with E-state index in [4.69, 9.17) is 4.99 Å². The van der Waals surface area contributed by atoms with E-state index in [2.05, 4.69) is 19.2 Å². The number of amidine groups is 1. The molecule has 0 saturated heterocycles. The quantitative estimate of drug-likeness (QED) is 0.777. The number of hydrogen-bond donors (Lipinski definition) is 1. The van der Waals surface area contributed by atoms with Crippen LogP contribution in [0.15, 0.2) is 4.99 Å². The first kappa shape index (κ1) is 13.6. The van der Waals surface area contributed by atoms with Crippen LogP contribution in [0.2, 0.25) is 0 Å². The third-order valence-electron chi connectivity index (χ3n) is 3.61. The number of nitrogens with zero attached hydrogens (tertiary/aromatic N) is 1. The summed E-state index contributed by atoms with van der Waals surface area (Å²) in [6.45, 7) is 4.50. The Kier molecular flexibility index (Phi) is 5.54. The highest BCUT2D eigenvalue weighted by molar-refractivity contribution is 8.13. The van der Waals surface area contributed by atoms with Crippen LogP contribution in [-0.4, -0.2) is 34.5 Å². The molecule has 1 fully saturated rings. The van der Waals surface area contributed by atoms with E-state index in [1.54, 1.807) is 0 Å². The molecule has 2 rings (SSSR count). The Balaban J connectivity index is 1.74. The van der Waals surface area contributed by atoms with Crippen molar-refractivity contribution in [3.8, 4) is 0 Å². The maximum Gasteiger partial charge on any atom is 0.157 e. The second kappa shape index (κ2) is 6.93. The molecular formula is C13H24N2S2. The molecule has 17 heavy (non-hydrogen) atoms. The van der Waals surface area contributed by atoms with E-state index < -0.39 is 0 Å². The molecule has 3 unspecified atom stereocenters. The molecule has 0 amide bonds. The molecule has 0 aromatic heterocycles. The Labute approximate surface area is 114 Å². The van der Waals surface area contributed by atoms with Gasteiger partial charge in [0, 0.05) is 11.8 Å². The maximum absolute atomic E-state index is 4.87. The van der Waals surface area contributed by atoms with Crippen molar-refractivity contribution < 1.29 is 0 Å². The average molecular weight is 272 g/mol. The van der Waals surface area contributed by atoms with Crippen LogP contribution in [0.1, 0.15) is 39.5 Å². The van der Waals surface area contributed by atoms with Crippen molar-refractivity contribution in [1.82, 2.24) is 5.32 Å². The normalized spacial score (nSPS) is 29.6. The van der Waals surface area contributed by atoms with E-state index in [1.165, 1.54) is 48.1 Å². The molecule has 2 aliphatic rings. The SMILES string of the molecule is CCSCCC(C)NC1=NC2CCCC2CS1. The molecule has 1 saturated carbocycles. The second-order valence-electron chi connectivity index (χ2n) is 5.03. The number of fused-ring (bicyclic) bond motifs is 1. The lowest BCUT2D eigenvalue weighted by molar-refractivity contribution is 0.529. The summed E-state index contributed by atoms with van der Waals surface area (Å²) in [5, 5.41) is 4.80. The predicted octanol–water partition coefficient (Wildman–Crippen LogP) is 3.38. The van der Waals surface area contributed by atoms with Gasteiger partial charge in [-0.15, -0.1) is 0 Å². The van der Waals surface area contributed by atoms with Crippen LogP contribution in [0.25, 0.3) is 0 Å². The third-order valence-corrected chi connectivity index (χ3v) is 5.63. The van der Waals surface area contributed by atoms with Gasteiger partial charge in [-0.25, -0.2) is 0 Å². The van der Waals surface area contributed by atoms with Crippen LogP contribution in [0.4, 0.5) is 0 Å². The summed E-state index contributed by atoms with van der Waals surface area (Å²) in [4.78, 5) is 4.87. The van der Waals surface area contributed by atoms with E-state index in [9.17, 15) is 0 Å². The number of hydrogen-bond acceptors (Lipinski definition) is 4. The fourth-order valence-electron chi connectivity index (χ4n) is 2.52. The zero-order valence-electron chi connectivity index (χ0n) is 10.9. The Morgan fingerprint density at radius 1 is 1.53 bits per heavy atom. The minimum absolute atomic E-state index is 0.568. The highest BCUT2D eigenvalue weighted by Crippen LogP contribution is 2.35. The molecule has 3 atom stereocenters. The van der Waals surface area contributed by atoms with Gasteiger partial charge in [0.2, 0.25) is 0 Å². The van der Waals surface area contributed by atoms with E-state index in [0.29, 0.717) is 12.1 Å². The standard InChI is InChI=1S/C13H24N2S2/c1-3-16-8-7-10(2)14-13-15-12-6-4-5-11(12)9-17-13/h10-12H,3-9H2,1-2H3,(H,14,15). The van der Waals surface area contributed by atoms with Crippen molar-refractivity contribution in [2.75, 3.05) is 17.3 Å². The van der Waals surface area contributed by atoms with E-state index >= 15 is 0 Å². The Bertz CT molecular complexity index is 268. The van der Waals surface area contributed by atoms with Crippen molar-refractivity contribution in [2.24, 2.45) is 10.9 Å². The minimum atomic E-state index is 0.568. The first-order chi connectivity index (χ1) is 8.29. The zero-order chi connectivity index (χ0) is 12.1. The number of aliphatic imine (C=N–C) groups is 1. The van der Waals surface area contributed by atoms with Gasteiger partial charge in [-0.2, -0.15) is 11.8 Å². The van der Waals surface area contributed by atoms with E-state index in [-0.39, 0.29) is 0 Å². The number of nitrogens with one attached hydrogen (secondary N) is 1. The Hall–Kier alpha value is 0.170. The monoisotopic (exact) mass is 272 g/mol. The fourth-order valence-corrected chi connectivity index (χ4v) is 4.59. The van der Waals surface area contributed by atoms with Gasteiger partial charge in [-0.1, -0.05) is 25.1 Å². The number of rotatable bonds is 5. The summed E-state index contributed by atoms with van der Waals surface area (Å²) in [7, 11) is 0.